The first-order valence-electron chi connectivity index (χ1n) is 8.20. The van der Waals surface area contributed by atoms with Crippen molar-refractivity contribution in [2.45, 2.75) is 26.7 Å². The lowest BCUT2D eigenvalue weighted by molar-refractivity contribution is 0.0494. The number of esters is 2. The lowest BCUT2D eigenvalue weighted by Crippen LogP contribution is -2.11. The molecule has 0 aliphatic carbocycles. The SMILES string of the molecule is CC(C)CCCOC(=O)c1cccc(C(=O)Oc2cccc(F)c2)c1. The molecule has 5 heteroatoms. The largest absolute Gasteiger partial charge is 0.462 e. The van der Waals surface area contributed by atoms with Gasteiger partial charge in [-0.25, -0.2) is 14.0 Å². The number of hydrogen-bond acceptors (Lipinski definition) is 4. The second kappa shape index (κ2) is 8.97. The van der Waals surface area contributed by atoms with Gasteiger partial charge in [0.2, 0.25) is 0 Å². The van der Waals surface area contributed by atoms with Crippen molar-refractivity contribution in [2.75, 3.05) is 6.61 Å². The standard InChI is InChI=1S/C20H21FO4/c1-14(2)6-5-11-24-19(22)15-7-3-8-16(12-15)20(23)25-18-10-4-9-17(21)13-18/h3-4,7-10,12-14H,5-6,11H2,1-2H3. The van der Waals surface area contributed by atoms with Gasteiger partial charge in [0.1, 0.15) is 11.6 Å². The quantitative estimate of drug-likeness (QED) is 0.417. The van der Waals surface area contributed by atoms with Gasteiger partial charge in [0.25, 0.3) is 0 Å². The predicted molar refractivity (Wildman–Crippen MR) is 92.2 cm³/mol. The zero-order chi connectivity index (χ0) is 18.2. The molecule has 132 valence electrons. The fraction of sp³-hybridized carbons (Fsp3) is 0.300. The summed E-state index contributed by atoms with van der Waals surface area (Å²) in [4.78, 5) is 24.2. The molecule has 0 atom stereocenters. The highest BCUT2D eigenvalue weighted by molar-refractivity contribution is 5.96. The monoisotopic (exact) mass is 344 g/mol. The van der Waals surface area contributed by atoms with Gasteiger partial charge in [0.15, 0.2) is 0 Å². The molecule has 0 bridgehead atoms. The lowest BCUT2D eigenvalue weighted by atomic mass is 10.1. The molecule has 0 aliphatic rings. The van der Waals surface area contributed by atoms with E-state index in [2.05, 4.69) is 13.8 Å². The van der Waals surface area contributed by atoms with E-state index in [1.54, 1.807) is 12.1 Å². The average molecular weight is 344 g/mol. The highest BCUT2D eigenvalue weighted by Crippen LogP contribution is 2.15. The lowest BCUT2D eigenvalue weighted by Gasteiger charge is -2.08. The van der Waals surface area contributed by atoms with Crippen LogP contribution in [0.15, 0.2) is 48.5 Å². The van der Waals surface area contributed by atoms with Crippen LogP contribution in [0.3, 0.4) is 0 Å². The molecule has 4 nitrogen and oxygen atoms in total. The Morgan fingerprint density at radius 3 is 2.36 bits per heavy atom. The predicted octanol–water partition coefficient (Wildman–Crippen LogP) is 4.64. The Labute approximate surface area is 146 Å². The summed E-state index contributed by atoms with van der Waals surface area (Å²) in [5.74, 6) is -0.987. The Morgan fingerprint density at radius 2 is 1.68 bits per heavy atom. The van der Waals surface area contributed by atoms with Crippen LogP contribution in [0.5, 0.6) is 5.75 Å². The van der Waals surface area contributed by atoms with Gasteiger partial charge in [-0.3, -0.25) is 0 Å². The maximum atomic E-state index is 13.1. The average Bonchev–Trinajstić information content (AvgIpc) is 2.58. The van der Waals surface area contributed by atoms with E-state index in [4.69, 9.17) is 9.47 Å². The van der Waals surface area contributed by atoms with Crippen molar-refractivity contribution in [3.05, 3.63) is 65.5 Å². The van der Waals surface area contributed by atoms with Gasteiger partial charge in [-0.05, 0) is 49.1 Å². The van der Waals surface area contributed by atoms with E-state index in [9.17, 15) is 14.0 Å². The summed E-state index contributed by atoms with van der Waals surface area (Å²) in [5, 5.41) is 0. The highest BCUT2D eigenvalue weighted by atomic mass is 19.1. The van der Waals surface area contributed by atoms with Crippen molar-refractivity contribution in [3.63, 3.8) is 0 Å². The molecule has 0 fully saturated rings. The first kappa shape index (κ1) is 18.6. The molecule has 2 aromatic rings. The molecule has 0 saturated heterocycles. The van der Waals surface area contributed by atoms with Crippen LogP contribution in [0.4, 0.5) is 4.39 Å². The van der Waals surface area contributed by atoms with Crippen molar-refractivity contribution in [1.82, 2.24) is 0 Å². The first-order valence-corrected chi connectivity index (χ1v) is 8.20. The molecule has 0 saturated carbocycles. The minimum atomic E-state index is -0.667. The van der Waals surface area contributed by atoms with Crippen LogP contribution in [0.1, 0.15) is 47.4 Å². The van der Waals surface area contributed by atoms with E-state index >= 15 is 0 Å². The number of rotatable bonds is 7. The van der Waals surface area contributed by atoms with E-state index in [0.717, 1.165) is 18.9 Å². The minimum absolute atomic E-state index is 0.103. The van der Waals surface area contributed by atoms with E-state index in [1.807, 2.05) is 0 Å². The van der Waals surface area contributed by atoms with Crippen molar-refractivity contribution >= 4 is 11.9 Å². The van der Waals surface area contributed by atoms with Gasteiger partial charge in [-0.15, -0.1) is 0 Å². The Balaban J connectivity index is 1.97. The molecule has 0 N–H and O–H groups in total. The number of benzene rings is 2. The maximum Gasteiger partial charge on any atom is 0.343 e. The van der Waals surface area contributed by atoms with Crippen LogP contribution < -0.4 is 4.74 Å². The van der Waals surface area contributed by atoms with Gasteiger partial charge >= 0.3 is 11.9 Å². The molecule has 2 aromatic carbocycles. The highest BCUT2D eigenvalue weighted by Gasteiger charge is 2.13. The minimum Gasteiger partial charge on any atom is -0.462 e. The molecule has 0 aromatic heterocycles. The number of ether oxygens (including phenoxy) is 2. The number of carbonyl (C=O) groups excluding carboxylic acids is 2. The third-order valence-corrected chi connectivity index (χ3v) is 3.50. The van der Waals surface area contributed by atoms with Crippen molar-refractivity contribution in [3.8, 4) is 5.75 Å². The second-order valence-corrected chi connectivity index (χ2v) is 6.10. The molecule has 0 heterocycles. The van der Waals surface area contributed by atoms with Gasteiger partial charge in [-0.2, -0.15) is 0 Å². The topological polar surface area (TPSA) is 52.6 Å². The Morgan fingerprint density at radius 1 is 1.00 bits per heavy atom. The fourth-order valence-electron chi connectivity index (χ4n) is 2.21. The van der Waals surface area contributed by atoms with Crippen molar-refractivity contribution in [1.29, 1.82) is 0 Å². The molecular weight excluding hydrogens is 323 g/mol. The van der Waals surface area contributed by atoms with Gasteiger partial charge in [0, 0.05) is 6.07 Å². The fourth-order valence-corrected chi connectivity index (χ4v) is 2.21. The van der Waals surface area contributed by atoms with Crippen LogP contribution in [-0.4, -0.2) is 18.5 Å². The molecule has 0 radical (unpaired) electrons. The Bertz CT molecular complexity index is 740. The second-order valence-electron chi connectivity index (χ2n) is 6.10. The van der Waals surface area contributed by atoms with Crippen LogP contribution in [-0.2, 0) is 4.74 Å². The number of hydrogen-bond donors (Lipinski definition) is 0. The summed E-state index contributed by atoms with van der Waals surface area (Å²) in [6, 6.07) is 11.4. The molecule has 0 unspecified atom stereocenters. The molecule has 25 heavy (non-hydrogen) atoms. The summed E-state index contributed by atoms with van der Waals surface area (Å²) in [6.07, 6.45) is 1.78. The molecule has 2 rings (SSSR count). The molecule has 0 amide bonds. The van der Waals surface area contributed by atoms with Crippen LogP contribution in [0.2, 0.25) is 0 Å². The third kappa shape index (κ3) is 6.03. The molecule has 0 aliphatic heterocycles. The maximum absolute atomic E-state index is 13.1. The molecule has 0 spiro atoms. The van der Waals surface area contributed by atoms with E-state index in [0.29, 0.717) is 12.5 Å². The van der Waals surface area contributed by atoms with E-state index in [1.165, 1.54) is 30.3 Å². The van der Waals surface area contributed by atoms with Gasteiger partial charge < -0.3 is 9.47 Å². The van der Waals surface area contributed by atoms with Gasteiger partial charge in [0.05, 0.1) is 17.7 Å². The summed E-state index contributed by atoms with van der Waals surface area (Å²) < 4.78 is 23.5. The van der Waals surface area contributed by atoms with E-state index < -0.39 is 17.8 Å². The molecular formula is C20H21FO4. The Hall–Kier alpha value is -2.69. The van der Waals surface area contributed by atoms with E-state index in [-0.39, 0.29) is 16.9 Å². The normalized spacial score (nSPS) is 10.6. The number of carbonyl (C=O) groups is 2. The third-order valence-electron chi connectivity index (χ3n) is 3.50. The smallest absolute Gasteiger partial charge is 0.343 e. The van der Waals surface area contributed by atoms with Crippen molar-refractivity contribution < 1.29 is 23.5 Å². The van der Waals surface area contributed by atoms with Crippen LogP contribution >= 0.6 is 0 Å². The number of halogens is 1. The first-order chi connectivity index (χ1) is 12.0. The zero-order valence-electron chi connectivity index (χ0n) is 14.3. The van der Waals surface area contributed by atoms with Crippen LogP contribution in [0, 0.1) is 11.7 Å². The summed E-state index contributed by atoms with van der Waals surface area (Å²) in [5.41, 5.74) is 0.471. The van der Waals surface area contributed by atoms with Crippen molar-refractivity contribution in [2.24, 2.45) is 5.92 Å². The van der Waals surface area contributed by atoms with Gasteiger partial charge in [-0.1, -0.05) is 26.0 Å². The summed E-state index contributed by atoms with van der Waals surface area (Å²) in [6.45, 7) is 4.56. The summed E-state index contributed by atoms with van der Waals surface area (Å²) in [7, 11) is 0. The zero-order valence-corrected chi connectivity index (χ0v) is 14.3. The van der Waals surface area contributed by atoms with Crippen LogP contribution in [0.25, 0.3) is 0 Å². The Kier molecular flexibility index (Phi) is 6.69. The summed E-state index contributed by atoms with van der Waals surface area (Å²) >= 11 is 0.